The Labute approximate surface area is 145 Å². The van der Waals surface area contributed by atoms with Crippen LogP contribution >= 0.6 is 23.1 Å². The normalized spacial score (nSPS) is 11.2. The van der Waals surface area contributed by atoms with Crippen molar-refractivity contribution < 1.29 is 4.42 Å². The van der Waals surface area contributed by atoms with E-state index in [4.69, 9.17) is 4.42 Å². The van der Waals surface area contributed by atoms with E-state index >= 15 is 0 Å². The number of pyridine rings is 1. The molecule has 0 aliphatic rings. The van der Waals surface area contributed by atoms with Crippen molar-refractivity contribution in [1.29, 1.82) is 0 Å². The summed E-state index contributed by atoms with van der Waals surface area (Å²) in [7, 11) is 0. The van der Waals surface area contributed by atoms with Crippen LogP contribution in [0.4, 0.5) is 0 Å². The van der Waals surface area contributed by atoms with Crippen molar-refractivity contribution in [3.05, 3.63) is 63.5 Å². The van der Waals surface area contributed by atoms with Gasteiger partial charge in [0.05, 0.1) is 10.6 Å². The number of aromatic nitrogens is 4. The molecule has 0 spiro atoms. The molecule has 4 rings (SSSR count). The third-order valence-corrected chi connectivity index (χ3v) is 5.12. The van der Waals surface area contributed by atoms with Gasteiger partial charge >= 0.3 is 0 Å². The second kappa shape index (κ2) is 6.21. The first-order chi connectivity index (χ1) is 11.7. The number of rotatable bonds is 4. The van der Waals surface area contributed by atoms with Crippen LogP contribution in [0, 0.1) is 6.92 Å². The first-order valence-electron chi connectivity index (χ1n) is 7.19. The Kier molecular flexibility index (Phi) is 3.91. The Morgan fingerprint density at radius 3 is 3.00 bits per heavy atom. The third kappa shape index (κ3) is 2.85. The zero-order valence-corrected chi connectivity index (χ0v) is 14.3. The molecule has 4 aromatic rings. The molecular formula is C16H12N4O2S2. The van der Waals surface area contributed by atoms with Gasteiger partial charge in [-0.25, -0.2) is 4.98 Å². The molecule has 0 unspecified atom stereocenters. The fourth-order valence-corrected chi connectivity index (χ4v) is 3.64. The maximum absolute atomic E-state index is 12.3. The lowest BCUT2D eigenvalue weighted by atomic mass is 10.3. The second-order valence-electron chi connectivity index (χ2n) is 5.09. The number of aryl methyl sites for hydroxylation is 1. The molecule has 8 heteroatoms. The Bertz CT molecular complexity index is 1050. The Morgan fingerprint density at radius 2 is 2.17 bits per heavy atom. The molecule has 0 atom stereocenters. The zero-order chi connectivity index (χ0) is 16.5. The standard InChI is InChI=1S/C16H12N4O2S2/c1-10-4-2-6-13-17-11(8-14(21)20(10)13)9-24-16-19-18-15(22-16)12-5-3-7-23-12/h2-8H,9H2,1H3. The van der Waals surface area contributed by atoms with Crippen LogP contribution in [-0.4, -0.2) is 19.6 Å². The van der Waals surface area contributed by atoms with E-state index in [1.165, 1.54) is 11.8 Å². The average molecular weight is 356 g/mol. The molecule has 0 saturated carbocycles. The highest BCUT2D eigenvalue weighted by molar-refractivity contribution is 7.98. The van der Waals surface area contributed by atoms with E-state index in [0.29, 0.717) is 28.2 Å². The highest BCUT2D eigenvalue weighted by Gasteiger charge is 2.11. The average Bonchev–Trinajstić information content (AvgIpc) is 3.24. The Morgan fingerprint density at radius 1 is 1.25 bits per heavy atom. The molecule has 0 radical (unpaired) electrons. The van der Waals surface area contributed by atoms with Crippen LogP contribution in [0.2, 0.25) is 0 Å². The molecule has 0 aromatic carbocycles. The molecule has 24 heavy (non-hydrogen) atoms. The molecular weight excluding hydrogens is 344 g/mol. The summed E-state index contributed by atoms with van der Waals surface area (Å²) in [6.07, 6.45) is 0. The monoisotopic (exact) mass is 356 g/mol. The first-order valence-corrected chi connectivity index (χ1v) is 9.06. The van der Waals surface area contributed by atoms with Gasteiger partial charge in [-0.1, -0.05) is 23.9 Å². The predicted octanol–water partition coefficient (Wildman–Crippen LogP) is 3.41. The number of nitrogens with zero attached hydrogens (tertiary/aromatic N) is 4. The minimum atomic E-state index is -0.0847. The van der Waals surface area contributed by atoms with Crippen LogP contribution < -0.4 is 5.56 Å². The number of thiophene rings is 1. The lowest BCUT2D eigenvalue weighted by Crippen LogP contribution is -2.17. The van der Waals surface area contributed by atoms with E-state index in [1.54, 1.807) is 21.8 Å². The smallest absolute Gasteiger partial charge is 0.277 e. The van der Waals surface area contributed by atoms with Gasteiger partial charge in [0.1, 0.15) is 5.65 Å². The number of fused-ring (bicyclic) bond motifs is 1. The second-order valence-corrected chi connectivity index (χ2v) is 6.96. The largest absolute Gasteiger partial charge is 0.410 e. The van der Waals surface area contributed by atoms with E-state index in [0.717, 1.165) is 10.6 Å². The predicted molar refractivity (Wildman–Crippen MR) is 93.4 cm³/mol. The highest BCUT2D eigenvalue weighted by Crippen LogP contribution is 2.27. The number of thioether (sulfide) groups is 1. The van der Waals surface area contributed by atoms with Crippen molar-refractivity contribution in [2.24, 2.45) is 0 Å². The molecule has 120 valence electrons. The van der Waals surface area contributed by atoms with Crippen LogP contribution in [0.15, 0.2) is 56.2 Å². The minimum Gasteiger partial charge on any atom is -0.410 e. The summed E-state index contributed by atoms with van der Waals surface area (Å²) in [6, 6.07) is 11.0. The van der Waals surface area contributed by atoms with Crippen molar-refractivity contribution in [2.45, 2.75) is 17.9 Å². The van der Waals surface area contributed by atoms with Crippen molar-refractivity contribution in [3.8, 4) is 10.8 Å². The molecule has 0 fully saturated rings. The quantitative estimate of drug-likeness (QED) is 0.522. The molecule has 0 amide bonds. The summed E-state index contributed by atoms with van der Waals surface area (Å²) in [5, 5.41) is 10.5. The maximum Gasteiger partial charge on any atom is 0.277 e. The first kappa shape index (κ1) is 15.1. The summed E-state index contributed by atoms with van der Waals surface area (Å²) in [6.45, 7) is 1.88. The third-order valence-electron chi connectivity index (χ3n) is 3.42. The number of hydrogen-bond acceptors (Lipinski definition) is 7. The Hall–Kier alpha value is -2.45. The summed E-state index contributed by atoms with van der Waals surface area (Å²) in [5.74, 6) is 1.00. The van der Waals surface area contributed by atoms with E-state index in [2.05, 4.69) is 15.2 Å². The lowest BCUT2D eigenvalue weighted by molar-refractivity contribution is 0.466. The molecule has 4 heterocycles. The molecule has 6 nitrogen and oxygen atoms in total. The molecule has 0 aliphatic carbocycles. The van der Waals surface area contributed by atoms with Gasteiger partial charge in [-0.15, -0.1) is 21.5 Å². The maximum atomic E-state index is 12.3. The van der Waals surface area contributed by atoms with Gasteiger partial charge < -0.3 is 4.42 Å². The summed E-state index contributed by atoms with van der Waals surface area (Å²) in [5.41, 5.74) is 2.11. The van der Waals surface area contributed by atoms with Crippen LogP contribution in [0.1, 0.15) is 11.4 Å². The van der Waals surface area contributed by atoms with Crippen molar-refractivity contribution >= 4 is 28.7 Å². The van der Waals surface area contributed by atoms with Crippen LogP contribution in [0.5, 0.6) is 0 Å². The topological polar surface area (TPSA) is 73.3 Å². The molecule has 0 saturated heterocycles. The summed E-state index contributed by atoms with van der Waals surface area (Å²) >= 11 is 2.91. The van der Waals surface area contributed by atoms with Gasteiger partial charge in [0.15, 0.2) is 0 Å². The van der Waals surface area contributed by atoms with Crippen molar-refractivity contribution in [2.75, 3.05) is 0 Å². The van der Waals surface area contributed by atoms with Crippen LogP contribution in [0.25, 0.3) is 16.4 Å². The summed E-state index contributed by atoms with van der Waals surface area (Å²) < 4.78 is 7.22. The SMILES string of the molecule is Cc1cccc2nc(CSc3nnc(-c4cccs4)o3)cc(=O)n12. The van der Waals surface area contributed by atoms with Crippen molar-refractivity contribution in [1.82, 2.24) is 19.6 Å². The van der Waals surface area contributed by atoms with E-state index in [9.17, 15) is 4.79 Å². The fraction of sp³-hybridized carbons (Fsp3) is 0.125. The van der Waals surface area contributed by atoms with E-state index < -0.39 is 0 Å². The summed E-state index contributed by atoms with van der Waals surface area (Å²) in [4.78, 5) is 17.7. The lowest BCUT2D eigenvalue weighted by Gasteiger charge is -2.05. The van der Waals surface area contributed by atoms with Gasteiger partial charge in [0, 0.05) is 17.5 Å². The van der Waals surface area contributed by atoms with Crippen LogP contribution in [-0.2, 0) is 5.75 Å². The highest BCUT2D eigenvalue weighted by atomic mass is 32.2. The molecule has 4 aromatic heterocycles. The number of hydrogen-bond donors (Lipinski definition) is 0. The zero-order valence-electron chi connectivity index (χ0n) is 12.7. The van der Waals surface area contributed by atoms with E-state index in [-0.39, 0.29) is 5.56 Å². The van der Waals surface area contributed by atoms with Gasteiger partial charge in [-0.2, -0.15) is 0 Å². The van der Waals surface area contributed by atoms with Gasteiger partial charge in [0.25, 0.3) is 16.7 Å². The van der Waals surface area contributed by atoms with Gasteiger partial charge in [-0.05, 0) is 30.5 Å². The van der Waals surface area contributed by atoms with E-state index in [1.807, 2.05) is 42.6 Å². The van der Waals surface area contributed by atoms with Gasteiger partial charge in [-0.3, -0.25) is 9.20 Å². The van der Waals surface area contributed by atoms with Crippen molar-refractivity contribution in [3.63, 3.8) is 0 Å². The Balaban J connectivity index is 1.56. The molecule has 0 aliphatic heterocycles. The minimum absolute atomic E-state index is 0.0847. The molecule has 0 N–H and O–H groups in total. The van der Waals surface area contributed by atoms with Crippen LogP contribution in [0.3, 0.4) is 0 Å². The fourth-order valence-electron chi connectivity index (χ4n) is 2.34. The molecule has 0 bridgehead atoms. The van der Waals surface area contributed by atoms with Gasteiger partial charge in [0.2, 0.25) is 0 Å².